The maximum atomic E-state index is 6.20. The summed E-state index contributed by atoms with van der Waals surface area (Å²) >= 11 is 6.20. The topological polar surface area (TPSA) is 36.3 Å². The van der Waals surface area contributed by atoms with Gasteiger partial charge in [-0.3, -0.25) is 0 Å². The van der Waals surface area contributed by atoms with Crippen molar-refractivity contribution in [1.82, 2.24) is 9.55 Å². The van der Waals surface area contributed by atoms with Gasteiger partial charge in [0.25, 0.3) is 0 Å². The Morgan fingerprint density at radius 2 is 1.63 bits per heavy atom. The number of benzene rings is 3. The molecule has 0 spiro atoms. The SMILES string of the molecule is CC(C)c1ccc(OCc2nc3ccccc3n2CCOc2ccccc2Cl)cc1. The summed E-state index contributed by atoms with van der Waals surface area (Å²) in [6.07, 6.45) is 0. The molecule has 0 fully saturated rings. The van der Waals surface area contributed by atoms with Crippen LogP contribution in [0.1, 0.15) is 31.2 Å². The predicted molar refractivity (Wildman–Crippen MR) is 122 cm³/mol. The summed E-state index contributed by atoms with van der Waals surface area (Å²) in [5, 5.41) is 0.612. The van der Waals surface area contributed by atoms with Crippen LogP contribution in [-0.4, -0.2) is 16.2 Å². The molecule has 3 aromatic carbocycles. The Hall–Kier alpha value is -2.98. The van der Waals surface area contributed by atoms with Crippen LogP contribution in [0.25, 0.3) is 11.0 Å². The fraction of sp³-hybridized carbons (Fsp3) is 0.240. The summed E-state index contributed by atoms with van der Waals surface area (Å²) in [5.74, 6) is 2.89. The number of aromatic nitrogens is 2. The van der Waals surface area contributed by atoms with Crippen LogP contribution in [0, 0.1) is 0 Å². The van der Waals surface area contributed by atoms with Crippen molar-refractivity contribution in [1.29, 1.82) is 0 Å². The summed E-state index contributed by atoms with van der Waals surface area (Å²) in [6, 6.07) is 23.9. The maximum Gasteiger partial charge on any atom is 0.148 e. The highest BCUT2D eigenvalue weighted by atomic mass is 35.5. The van der Waals surface area contributed by atoms with Crippen LogP contribution in [-0.2, 0) is 13.2 Å². The smallest absolute Gasteiger partial charge is 0.148 e. The lowest BCUT2D eigenvalue weighted by Crippen LogP contribution is -2.13. The van der Waals surface area contributed by atoms with Gasteiger partial charge >= 0.3 is 0 Å². The molecule has 0 aliphatic rings. The molecule has 0 bridgehead atoms. The zero-order chi connectivity index (χ0) is 20.9. The van der Waals surface area contributed by atoms with Crippen LogP contribution in [0.3, 0.4) is 0 Å². The van der Waals surface area contributed by atoms with E-state index in [4.69, 9.17) is 26.1 Å². The zero-order valence-electron chi connectivity index (χ0n) is 17.2. The number of nitrogens with zero attached hydrogens (tertiary/aromatic N) is 2. The summed E-state index contributed by atoms with van der Waals surface area (Å²) in [6.45, 7) is 5.89. The van der Waals surface area contributed by atoms with E-state index in [1.807, 2.05) is 54.6 Å². The number of rotatable bonds is 8. The number of halogens is 1. The quantitative estimate of drug-likeness (QED) is 0.327. The van der Waals surface area contributed by atoms with Crippen LogP contribution in [0.5, 0.6) is 11.5 Å². The summed E-state index contributed by atoms with van der Waals surface area (Å²) < 4.78 is 14.1. The zero-order valence-corrected chi connectivity index (χ0v) is 18.0. The molecule has 0 saturated heterocycles. The van der Waals surface area contributed by atoms with Gasteiger partial charge in [-0.1, -0.05) is 61.8 Å². The van der Waals surface area contributed by atoms with Gasteiger partial charge in [0.1, 0.15) is 30.5 Å². The van der Waals surface area contributed by atoms with Crippen molar-refractivity contribution in [2.75, 3.05) is 6.61 Å². The monoisotopic (exact) mass is 420 g/mol. The minimum atomic E-state index is 0.391. The van der Waals surface area contributed by atoms with Crippen molar-refractivity contribution in [3.05, 3.63) is 89.2 Å². The minimum absolute atomic E-state index is 0.391. The molecule has 5 heteroatoms. The van der Waals surface area contributed by atoms with E-state index in [0.29, 0.717) is 36.4 Å². The lowest BCUT2D eigenvalue weighted by atomic mass is 10.0. The fourth-order valence-electron chi connectivity index (χ4n) is 3.39. The molecule has 30 heavy (non-hydrogen) atoms. The highest BCUT2D eigenvalue weighted by Crippen LogP contribution is 2.24. The fourth-order valence-corrected chi connectivity index (χ4v) is 3.58. The first-order valence-electron chi connectivity index (χ1n) is 10.2. The van der Waals surface area contributed by atoms with Gasteiger partial charge in [-0.15, -0.1) is 0 Å². The van der Waals surface area contributed by atoms with Crippen LogP contribution in [0.4, 0.5) is 0 Å². The van der Waals surface area contributed by atoms with E-state index in [-0.39, 0.29) is 0 Å². The van der Waals surface area contributed by atoms with E-state index in [1.165, 1.54) is 5.56 Å². The predicted octanol–water partition coefficient (Wildman–Crippen LogP) is 6.47. The third-order valence-corrected chi connectivity index (χ3v) is 5.37. The van der Waals surface area contributed by atoms with E-state index in [2.05, 4.69) is 36.6 Å². The van der Waals surface area contributed by atoms with Crippen LogP contribution < -0.4 is 9.47 Å². The van der Waals surface area contributed by atoms with Gasteiger partial charge in [-0.25, -0.2) is 4.98 Å². The molecular formula is C25H25ClN2O2. The number of para-hydroxylation sites is 3. The van der Waals surface area contributed by atoms with E-state index in [9.17, 15) is 0 Å². The number of hydrogen-bond acceptors (Lipinski definition) is 3. The van der Waals surface area contributed by atoms with E-state index in [0.717, 1.165) is 22.6 Å². The Bertz CT molecular complexity index is 1120. The van der Waals surface area contributed by atoms with Gasteiger partial charge < -0.3 is 14.0 Å². The van der Waals surface area contributed by atoms with Crippen LogP contribution in [0.2, 0.25) is 5.02 Å². The lowest BCUT2D eigenvalue weighted by Gasteiger charge is -2.13. The second kappa shape index (κ2) is 9.23. The highest BCUT2D eigenvalue weighted by molar-refractivity contribution is 6.32. The third-order valence-electron chi connectivity index (χ3n) is 5.06. The average Bonchev–Trinajstić information content (AvgIpc) is 3.11. The molecule has 0 saturated carbocycles. The van der Waals surface area contributed by atoms with Gasteiger partial charge in [0.15, 0.2) is 0 Å². The summed E-state index contributed by atoms with van der Waals surface area (Å²) in [4.78, 5) is 4.77. The molecule has 0 unspecified atom stereocenters. The second-order valence-corrected chi connectivity index (χ2v) is 7.87. The highest BCUT2D eigenvalue weighted by Gasteiger charge is 2.12. The minimum Gasteiger partial charge on any atom is -0.490 e. The Morgan fingerprint density at radius 3 is 2.40 bits per heavy atom. The van der Waals surface area contributed by atoms with Gasteiger partial charge in [-0.05, 0) is 47.9 Å². The average molecular weight is 421 g/mol. The molecular weight excluding hydrogens is 396 g/mol. The standard InChI is InChI=1S/C25H25ClN2O2/c1-18(2)19-11-13-20(14-12-19)30-17-25-27-22-8-4-5-9-23(22)28(25)15-16-29-24-10-6-3-7-21(24)26/h3-14,18H,15-17H2,1-2H3. The molecule has 0 aliphatic heterocycles. The Labute approximate surface area is 182 Å². The van der Waals surface area contributed by atoms with Gasteiger partial charge in [-0.2, -0.15) is 0 Å². The van der Waals surface area contributed by atoms with Crippen molar-refractivity contribution in [2.24, 2.45) is 0 Å². The molecule has 1 heterocycles. The van der Waals surface area contributed by atoms with E-state index in [1.54, 1.807) is 0 Å². The molecule has 0 N–H and O–H groups in total. The molecule has 4 rings (SSSR count). The number of imidazole rings is 1. The van der Waals surface area contributed by atoms with Crippen LogP contribution in [0.15, 0.2) is 72.8 Å². The molecule has 154 valence electrons. The molecule has 0 atom stereocenters. The van der Waals surface area contributed by atoms with Crippen molar-refractivity contribution < 1.29 is 9.47 Å². The van der Waals surface area contributed by atoms with Crippen LogP contribution >= 0.6 is 11.6 Å². The first-order valence-corrected chi connectivity index (χ1v) is 10.5. The summed E-state index contributed by atoms with van der Waals surface area (Å²) in [7, 11) is 0. The Balaban J connectivity index is 1.49. The normalized spacial score (nSPS) is 11.2. The van der Waals surface area contributed by atoms with E-state index >= 15 is 0 Å². The maximum absolute atomic E-state index is 6.20. The summed E-state index contributed by atoms with van der Waals surface area (Å²) in [5.41, 5.74) is 3.31. The number of hydrogen-bond donors (Lipinski definition) is 0. The van der Waals surface area contributed by atoms with Crippen molar-refractivity contribution >= 4 is 22.6 Å². The molecule has 4 aromatic rings. The molecule has 0 radical (unpaired) electrons. The van der Waals surface area contributed by atoms with E-state index < -0.39 is 0 Å². The van der Waals surface area contributed by atoms with Crippen molar-refractivity contribution in [2.45, 2.75) is 32.9 Å². The molecule has 0 aliphatic carbocycles. The van der Waals surface area contributed by atoms with Gasteiger partial charge in [0.2, 0.25) is 0 Å². The lowest BCUT2D eigenvalue weighted by molar-refractivity contribution is 0.272. The number of fused-ring (bicyclic) bond motifs is 1. The molecule has 4 nitrogen and oxygen atoms in total. The first kappa shape index (κ1) is 20.3. The largest absolute Gasteiger partial charge is 0.490 e. The van der Waals surface area contributed by atoms with Crippen molar-refractivity contribution in [3.63, 3.8) is 0 Å². The van der Waals surface area contributed by atoms with Gasteiger partial charge in [0.05, 0.1) is 22.6 Å². The number of ether oxygens (including phenoxy) is 2. The Kier molecular flexibility index (Phi) is 6.24. The van der Waals surface area contributed by atoms with Crippen molar-refractivity contribution in [3.8, 4) is 11.5 Å². The molecule has 1 aromatic heterocycles. The molecule has 0 amide bonds. The second-order valence-electron chi connectivity index (χ2n) is 7.46. The Morgan fingerprint density at radius 1 is 0.900 bits per heavy atom. The van der Waals surface area contributed by atoms with Gasteiger partial charge in [0, 0.05) is 0 Å². The third kappa shape index (κ3) is 4.60. The first-order chi connectivity index (χ1) is 14.6.